The van der Waals surface area contributed by atoms with Crippen LogP contribution in [0.5, 0.6) is 0 Å². The van der Waals surface area contributed by atoms with Crippen LogP contribution in [-0.2, 0) is 0 Å². The summed E-state index contributed by atoms with van der Waals surface area (Å²) in [5, 5.41) is 9.66. The molecule has 17 heavy (non-hydrogen) atoms. The second-order valence-corrected chi connectivity index (χ2v) is 4.13. The second kappa shape index (κ2) is 4.26. The van der Waals surface area contributed by atoms with Gasteiger partial charge in [-0.1, -0.05) is 31.2 Å². The summed E-state index contributed by atoms with van der Waals surface area (Å²) in [5.41, 5.74) is 1.52. The smallest absolute Gasteiger partial charge is 0.192 e. The number of carbonyl (C=O) groups excluding carboxylic acids is 2. The highest BCUT2D eigenvalue weighted by atomic mass is 16.3. The van der Waals surface area contributed by atoms with Crippen molar-refractivity contribution in [3.63, 3.8) is 0 Å². The van der Waals surface area contributed by atoms with Crippen LogP contribution in [0, 0.1) is 0 Å². The van der Waals surface area contributed by atoms with E-state index >= 15 is 0 Å². The number of rotatable bonds is 2. The van der Waals surface area contributed by atoms with E-state index in [9.17, 15) is 14.7 Å². The Balaban J connectivity index is 2.69. The van der Waals surface area contributed by atoms with Crippen molar-refractivity contribution in [1.29, 1.82) is 0 Å². The van der Waals surface area contributed by atoms with E-state index in [2.05, 4.69) is 0 Å². The zero-order valence-electron chi connectivity index (χ0n) is 9.86. The SMILES string of the molecule is CCC1=C(C(C)O)C(=O)c2ccccc2C1=O. The Morgan fingerprint density at radius 1 is 1.12 bits per heavy atom. The first-order chi connectivity index (χ1) is 8.07. The van der Waals surface area contributed by atoms with E-state index in [1.54, 1.807) is 24.3 Å². The number of ketones is 2. The predicted molar refractivity (Wildman–Crippen MR) is 64.1 cm³/mol. The highest BCUT2D eigenvalue weighted by molar-refractivity contribution is 6.27. The zero-order chi connectivity index (χ0) is 12.6. The summed E-state index contributed by atoms with van der Waals surface area (Å²) in [5.74, 6) is -0.370. The summed E-state index contributed by atoms with van der Waals surface area (Å²) >= 11 is 0. The first kappa shape index (κ1) is 11.7. The topological polar surface area (TPSA) is 54.4 Å². The molecule has 0 aliphatic heterocycles. The van der Waals surface area contributed by atoms with Crippen LogP contribution in [0.1, 0.15) is 41.0 Å². The van der Waals surface area contributed by atoms with Crippen LogP contribution in [0.25, 0.3) is 0 Å². The zero-order valence-corrected chi connectivity index (χ0v) is 9.86. The third-order valence-electron chi connectivity index (χ3n) is 3.03. The number of hydrogen-bond donors (Lipinski definition) is 1. The molecule has 0 fully saturated rings. The van der Waals surface area contributed by atoms with Gasteiger partial charge in [0, 0.05) is 22.3 Å². The van der Waals surface area contributed by atoms with Crippen LogP contribution in [0.4, 0.5) is 0 Å². The lowest BCUT2D eigenvalue weighted by atomic mass is 9.81. The Labute approximate surface area is 99.8 Å². The van der Waals surface area contributed by atoms with Gasteiger partial charge >= 0.3 is 0 Å². The highest BCUT2D eigenvalue weighted by Crippen LogP contribution is 2.29. The van der Waals surface area contributed by atoms with Crippen molar-refractivity contribution in [2.24, 2.45) is 0 Å². The molecule has 3 heteroatoms. The van der Waals surface area contributed by atoms with Gasteiger partial charge in [-0.2, -0.15) is 0 Å². The van der Waals surface area contributed by atoms with E-state index in [1.807, 2.05) is 6.92 Å². The molecule has 0 spiro atoms. The molecule has 0 heterocycles. The molecule has 1 aliphatic rings. The van der Waals surface area contributed by atoms with Crippen LogP contribution >= 0.6 is 0 Å². The summed E-state index contributed by atoms with van der Waals surface area (Å²) in [7, 11) is 0. The molecular weight excluding hydrogens is 216 g/mol. The van der Waals surface area contributed by atoms with Crippen LogP contribution in [0.2, 0.25) is 0 Å². The number of allylic oxidation sites excluding steroid dienone is 1. The maximum Gasteiger partial charge on any atom is 0.192 e. The minimum atomic E-state index is -0.908. The fourth-order valence-electron chi connectivity index (χ4n) is 2.24. The van der Waals surface area contributed by atoms with E-state index in [1.165, 1.54) is 6.92 Å². The van der Waals surface area contributed by atoms with Gasteiger partial charge in [0.05, 0.1) is 6.10 Å². The lowest BCUT2D eigenvalue weighted by Gasteiger charge is -2.21. The first-order valence-corrected chi connectivity index (χ1v) is 5.67. The molecule has 0 bridgehead atoms. The van der Waals surface area contributed by atoms with Gasteiger partial charge in [-0.05, 0) is 13.3 Å². The van der Waals surface area contributed by atoms with Crippen molar-refractivity contribution < 1.29 is 14.7 Å². The van der Waals surface area contributed by atoms with E-state index in [0.717, 1.165) is 0 Å². The average molecular weight is 230 g/mol. The van der Waals surface area contributed by atoms with Gasteiger partial charge < -0.3 is 5.11 Å². The molecular formula is C14H14O3. The van der Waals surface area contributed by atoms with Gasteiger partial charge in [-0.3, -0.25) is 9.59 Å². The number of benzene rings is 1. The minimum absolute atomic E-state index is 0.140. The van der Waals surface area contributed by atoms with Crippen molar-refractivity contribution in [1.82, 2.24) is 0 Å². The Kier molecular flexibility index (Phi) is 2.94. The van der Waals surface area contributed by atoms with E-state index in [0.29, 0.717) is 23.1 Å². The molecule has 0 amide bonds. The number of carbonyl (C=O) groups is 2. The van der Waals surface area contributed by atoms with Gasteiger partial charge in [0.25, 0.3) is 0 Å². The van der Waals surface area contributed by atoms with Gasteiger partial charge in [-0.25, -0.2) is 0 Å². The van der Waals surface area contributed by atoms with E-state index in [4.69, 9.17) is 0 Å². The first-order valence-electron chi connectivity index (χ1n) is 5.67. The van der Waals surface area contributed by atoms with Crippen molar-refractivity contribution in [3.8, 4) is 0 Å². The number of hydrogen-bond acceptors (Lipinski definition) is 3. The molecule has 0 saturated carbocycles. The van der Waals surface area contributed by atoms with Crippen LogP contribution < -0.4 is 0 Å². The quantitative estimate of drug-likeness (QED) is 0.847. The number of fused-ring (bicyclic) bond motifs is 1. The van der Waals surface area contributed by atoms with Crippen LogP contribution in [-0.4, -0.2) is 22.8 Å². The van der Waals surface area contributed by atoms with Crippen molar-refractivity contribution in [2.75, 3.05) is 0 Å². The summed E-state index contributed by atoms with van der Waals surface area (Å²) in [6.45, 7) is 3.33. The molecule has 0 saturated heterocycles. The Hall–Kier alpha value is -1.74. The molecule has 88 valence electrons. The standard InChI is InChI=1S/C14H14O3/c1-3-9-12(8(2)15)14(17)11-7-5-4-6-10(11)13(9)16/h4-8,15H,3H2,1-2H3. The van der Waals surface area contributed by atoms with E-state index in [-0.39, 0.29) is 17.1 Å². The molecule has 1 aromatic rings. The monoisotopic (exact) mass is 230 g/mol. The van der Waals surface area contributed by atoms with Crippen LogP contribution in [0.15, 0.2) is 35.4 Å². The van der Waals surface area contributed by atoms with Crippen LogP contribution in [0.3, 0.4) is 0 Å². The third-order valence-corrected chi connectivity index (χ3v) is 3.03. The lowest BCUT2D eigenvalue weighted by Crippen LogP contribution is -2.27. The Bertz CT molecular complexity index is 524. The van der Waals surface area contributed by atoms with Gasteiger partial charge in [0.15, 0.2) is 11.6 Å². The van der Waals surface area contributed by atoms with E-state index < -0.39 is 6.10 Å². The molecule has 1 N–H and O–H groups in total. The lowest BCUT2D eigenvalue weighted by molar-refractivity contribution is 0.0941. The molecule has 0 radical (unpaired) electrons. The molecule has 1 aromatic carbocycles. The fourth-order valence-corrected chi connectivity index (χ4v) is 2.24. The summed E-state index contributed by atoms with van der Waals surface area (Å²) in [4.78, 5) is 24.4. The Morgan fingerprint density at radius 3 is 2.12 bits per heavy atom. The molecule has 1 unspecified atom stereocenters. The van der Waals surface area contributed by atoms with Gasteiger partial charge in [0.2, 0.25) is 0 Å². The summed E-state index contributed by atoms with van der Waals surface area (Å²) in [6.07, 6.45) is -0.450. The normalized spacial score (nSPS) is 17.1. The Morgan fingerprint density at radius 2 is 1.65 bits per heavy atom. The largest absolute Gasteiger partial charge is 0.389 e. The van der Waals surface area contributed by atoms with Gasteiger partial charge in [0.1, 0.15) is 0 Å². The summed E-state index contributed by atoms with van der Waals surface area (Å²) in [6, 6.07) is 6.75. The maximum absolute atomic E-state index is 12.2. The van der Waals surface area contributed by atoms with Crippen molar-refractivity contribution in [2.45, 2.75) is 26.4 Å². The molecule has 2 rings (SSSR count). The van der Waals surface area contributed by atoms with Crippen molar-refractivity contribution in [3.05, 3.63) is 46.5 Å². The van der Waals surface area contributed by atoms with Crippen molar-refractivity contribution >= 4 is 11.6 Å². The van der Waals surface area contributed by atoms with Gasteiger partial charge in [-0.15, -0.1) is 0 Å². The molecule has 1 aliphatic carbocycles. The third kappa shape index (κ3) is 1.72. The predicted octanol–water partition coefficient (Wildman–Crippen LogP) is 2.15. The molecule has 0 aromatic heterocycles. The fraction of sp³-hybridized carbons (Fsp3) is 0.286. The maximum atomic E-state index is 12.2. The minimum Gasteiger partial charge on any atom is -0.389 e. The molecule has 1 atom stereocenters. The number of aliphatic hydroxyl groups excluding tert-OH is 1. The highest BCUT2D eigenvalue weighted by Gasteiger charge is 2.32. The number of Topliss-reactive ketones (excluding diaryl/α,β-unsaturated/α-hetero) is 2. The molecule has 3 nitrogen and oxygen atoms in total. The second-order valence-electron chi connectivity index (χ2n) is 4.13. The summed E-state index contributed by atoms with van der Waals surface area (Å²) < 4.78 is 0. The average Bonchev–Trinajstić information content (AvgIpc) is 2.33. The number of aliphatic hydroxyl groups is 1.